The summed E-state index contributed by atoms with van der Waals surface area (Å²) < 4.78 is 9.69. The van der Waals surface area contributed by atoms with Crippen LogP contribution in [-0.2, 0) is 19.1 Å². The number of carbonyl (C=O) groups is 2. The molecule has 1 aromatic carbocycles. The Balaban J connectivity index is 3.23. The Kier molecular flexibility index (Phi) is 6.57. The van der Waals surface area contributed by atoms with Gasteiger partial charge in [0.05, 0.1) is 24.9 Å². The molecule has 0 spiro atoms. The van der Waals surface area contributed by atoms with E-state index in [1.807, 2.05) is 0 Å². The van der Waals surface area contributed by atoms with E-state index in [9.17, 15) is 9.59 Å². The lowest BCUT2D eigenvalue weighted by molar-refractivity contribution is -0.139. The molecule has 110 valence electrons. The van der Waals surface area contributed by atoms with Crippen molar-refractivity contribution in [2.45, 2.75) is 13.8 Å². The van der Waals surface area contributed by atoms with Gasteiger partial charge in [-0.15, -0.1) is 0 Å². The van der Waals surface area contributed by atoms with Gasteiger partial charge in [-0.3, -0.25) is 0 Å². The van der Waals surface area contributed by atoms with Crippen LogP contribution in [0.2, 0.25) is 0 Å². The smallest absolute Gasteiger partial charge is 0.421 e. The first-order valence-electron chi connectivity index (χ1n) is 6.47. The van der Waals surface area contributed by atoms with E-state index >= 15 is 0 Å². The third-order valence-corrected chi connectivity index (χ3v) is 2.45. The molecule has 0 amide bonds. The molecule has 21 heavy (non-hydrogen) atoms. The maximum atomic E-state index is 12.0. The van der Waals surface area contributed by atoms with Gasteiger partial charge in [0.1, 0.15) is 0 Å². The fraction of sp³-hybridized carbons (Fsp3) is 0.267. The summed E-state index contributed by atoms with van der Waals surface area (Å²) in [4.78, 5) is 26.5. The van der Waals surface area contributed by atoms with E-state index in [2.05, 4.69) is 4.79 Å². The fourth-order valence-electron chi connectivity index (χ4n) is 1.56. The van der Waals surface area contributed by atoms with Crippen molar-refractivity contribution < 1.29 is 23.9 Å². The van der Waals surface area contributed by atoms with Gasteiger partial charge in [0.25, 0.3) is 0 Å². The summed E-state index contributed by atoms with van der Waals surface area (Å²) in [5, 5.41) is 0. The molecule has 0 heterocycles. The van der Waals surface area contributed by atoms with E-state index in [4.69, 9.17) is 15.0 Å². The molecular formula is C15H16N2O4. The Hall–Kier alpha value is -2.72. The molecule has 0 aliphatic carbocycles. The van der Waals surface area contributed by atoms with Gasteiger partial charge in [-0.25, -0.2) is 9.59 Å². The normalized spacial score (nSPS) is 10.5. The fourth-order valence-corrected chi connectivity index (χ4v) is 1.56. The van der Waals surface area contributed by atoms with Gasteiger partial charge < -0.3 is 15.0 Å². The summed E-state index contributed by atoms with van der Waals surface area (Å²) in [6.07, 6.45) is 1.14. The summed E-state index contributed by atoms with van der Waals surface area (Å²) in [7, 11) is 0. The molecule has 0 saturated heterocycles. The number of carbonyl (C=O) groups excluding carboxylic acids is 2. The third-order valence-electron chi connectivity index (χ3n) is 2.45. The Morgan fingerprint density at radius 2 is 1.67 bits per heavy atom. The first kappa shape index (κ1) is 16.3. The van der Waals surface area contributed by atoms with Crippen LogP contribution in [0, 0.1) is 0 Å². The maximum absolute atomic E-state index is 12.0. The van der Waals surface area contributed by atoms with E-state index in [0.29, 0.717) is 5.56 Å². The second-order valence-electron chi connectivity index (χ2n) is 3.85. The van der Waals surface area contributed by atoms with Gasteiger partial charge in [0.2, 0.25) is 0 Å². The predicted molar refractivity (Wildman–Crippen MR) is 76.3 cm³/mol. The molecule has 0 radical (unpaired) electrons. The number of nitrogens with zero attached hydrogens (tertiary/aromatic N) is 2. The number of benzene rings is 1. The average Bonchev–Trinajstić information content (AvgIpc) is 2.49. The zero-order valence-electron chi connectivity index (χ0n) is 11.9. The highest BCUT2D eigenvalue weighted by Crippen LogP contribution is 2.16. The Labute approximate surface area is 122 Å². The number of hydrogen-bond donors (Lipinski definition) is 0. The van der Waals surface area contributed by atoms with Crippen LogP contribution in [0.4, 0.5) is 0 Å². The van der Waals surface area contributed by atoms with Gasteiger partial charge in [0.15, 0.2) is 0 Å². The molecule has 1 rings (SSSR count). The quantitative estimate of drug-likeness (QED) is 0.263. The van der Waals surface area contributed by atoms with E-state index < -0.39 is 11.9 Å². The molecule has 0 fully saturated rings. The van der Waals surface area contributed by atoms with Crippen LogP contribution in [-0.4, -0.2) is 35.7 Å². The van der Waals surface area contributed by atoms with Crippen molar-refractivity contribution in [1.29, 1.82) is 0 Å². The van der Waals surface area contributed by atoms with E-state index in [-0.39, 0.29) is 24.5 Å². The summed E-state index contributed by atoms with van der Waals surface area (Å²) >= 11 is 0. The van der Waals surface area contributed by atoms with Crippen molar-refractivity contribution in [2.75, 3.05) is 13.2 Å². The highest BCUT2D eigenvalue weighted by molar-refractivity contribution is 6.42. The van der Waals surface area contributed by atoms with Crippen molar-refractivity contribution in [3.63, 3.8) is 0 Å². The van der Waals surface area contributed by atoms with Gasteiger partial charge >= 0.3 is 17.7 Å². The van der Waals surface area contributed by atoms with E-state index in [1.54, 1.807) is 44.2 Å². The molecule has 0 aliphatic rings. The molecule has 0 unspecified atom stereocenters. The van der Waals surface area contributed by atoms with Crippen molar-refractivity contribution in [2.24, 2.45) is 0 Å². The second kappa shape index (κ2) is 8.45. The maximum Gasteiger partial charge on any atom is 0.421 e. The SMILES string of the molecule is CCOC(=O)C(=CC(=[N+]=[N-])C(=O)OCC)c1ccccc1. The number of hydrogen-bond acceptors (Lipinski definition) is 4. The standard InChI is InChI=1S/C15H16N2O4/c1-3-20-14(18)12(11-8-6-5-7-9-11)10-13(17-16)15(19)21-4-2/h5-10H,3-4H2,1-2H3. The van der Waals surface area contributed by atoms with Crippen LogP contribution in [0.15, 0.2) is 36.4 Å². The average molecular weight is 288 g/mol. The van der Waals surface area contributed by atoms with Gasteiger partial charge in [-0.1, -0.05) is 30.3 Å². The second-order valence-corrected chi connectivity index (χ2v) is 3.85. The predicted octanol–water partition coefficient (Wildman–Crippen LogP) is 1.87. The highest BCUT2D eigenvalue weighted by atomic mass is 16.5. The zero-order chi connectivity index (χ0) is 15.7. The van der Waals surface area contributed by atoms with Crippen LogP contribution in [0.5, 0.6) is 0 Å². The molecule has 1 aromatic rings. The van der Waals surface area contributed by atoms with E-state index in [1.165, 1.54) is 0 Å². The highest BCUT2D eigenvalue weighted by Gasteiger charge is 2.23. The van der Waals surface area contributed by atoms with Gasteiger partial charge in [-0.05, 0) is 19.4 Å². The lowest BCUT2D eigenvalue weighted by atomic mass is 10.0. The van der Waals surface area contributed by atoms with Crippen LogP contribution in [0.25, 0.3) is 11.1 Å². The summed E-state index contributed by atoms with van der Waals surface area (Å²) in [6, 6.07) is 8.63. The first-order chi connectivity index (χ1) is 10.1. The van der Waals surface area contributed by atoms with Gasteiger partial charge in [-0.2, -0.15) is 4.79 Å². The minimum atomic E-state index is -0.822. The molecule has 0 N–H and O–H groups in total. The molecular weight excluding hydrogens is 272 g/mol. The lowest BCUT2D eigenvalue weighted by Crippen LogP contribution is -2.18. The lowest BCUT2D eigenvalue weighted by Gasteiger charge is -2.06. The largest absolute Gasteiger partial charge is 0.462 e. The number of esters is 2. The van der Waals surface area contributed by atoms with Crippen LogP contribution in [0.1, 0.15) is 19.4 Å². The number of ether oxygens (including phenoxy) is 2. The van der Waals surface area contributed by atoms with E-state index in [0.717, 1.165) is 6.08 Å². The molecule has 0 aliphatic heterocycles. The zero-order valence-corrected chi connectivity index (χ0v) is 11.9. The minimum Gasteiger partial charge on any atom is -0.462 e. The van der Waals surface area contributed by atoms with Crippen molar-refractivity contribution in [3.05, 3.63) is 47.5 Å². The minimum absolute atomic E-state index is 0.110. The number of rotatable bonds is 6. The van der Waals surface area contributed by atoms with Crippen LogP contribution >= 0.6 is 0 Å². The topological polar surface area (TPSA) is 89.0 Å². The molecule has 0 bridgehead atoms. The Bertz CT molecular complexity index is 587. The summed E-state index contributed by atoms with van der Waals surface area (Å²) in [5.41, 5.74) is 9.20. The monoisotopic (exact) mass is 288 g/mol. The molecule has 6 heteroatoms. The Morgan fingerprint density at radius 3 is 2.19 bits per heavy atom. The summed E-state index contributed by atoms with van der Waals surface area (Å²) in [6.45, 7) is 3.62. The molecule has 0 atom stereocenters. The van der Waals surface area contributed by atoms with Crippen molar-refractivity contribution in [1.82, 2.24) is 0 Å². The van der Waals surface area contributed by atoms with Crippen LogP contribution < -0.4 is 0 Å². The first-order valence-corrected chi connectivity index (χ1v) is 6.47. The Morgan fingerprint density at radius 1 is 1.10 bits per heavy atom. The van der Waals surface area contributed by atoms with Gasteiger partial charge in [0, 0.05) is 0 Å². The molecule has 0 saturated carbocycles. The van der Waals surface area contributed by atoms with Crippen molar-refractivity contribution in [3.8, 4) is 0 Å². The third kappa shape index (κ3) is 4.71. The van der Waals surface area contributed by atoms with Crippen LogP contribution in [0.3, 0.4) is 0 Å². The van der Waals surface area contributed by atoms with Crippen molar-refractivity contribution >= 4 is 23.2 Å². The molecule has 0 aromatic heterocycles. The molecule has 6 nitrogen and oxygen atoms in total. The summed E-state index contributed by atoms with van der Waals surface area (Å²) in [5.74, 6) is -1.44.